The Balaban J connectivity index is 2.47. The van der Waals surface area contributed by atoms with Crippen molar-refractivity contribution in [2.75, 3.05) is 5.32 Å². The summed E-state index contributed by atoms with van der Waals surface area (Å²) in [4.78, 5) is 11.6. The Morgan fingerprint density at radius 1 is 1.50 bits per heavy atom. The lowest BCUT2D eigenvalue weighted by atomic mass is 10.1. The number of carbonyl (C=O) groups is 1. The molecule has 1 atom stereocenters. The third-order valence-electron chi connectivity index (χ3n) is 2.49. The number of fused-ring (bicyclic) bond motifs is 1. The van der Waals surface area contributed by atoms with Gasteiger partial charge in [0.1, 0.15) is 5.82 Å². The van der Waals surface area contributed by atoms with Crippen molar-refractivity contribution in [2.45, 2.75) is 25.8 Å². The standard InChI is InChI=1S/C11H12FNO/c1-7-2-5-11(14)9-4-3-8(12)6-10(9)13-7/h3-4,6-7,13H,2,5H2,1H3. The van der Waals surface area contributed by atoms with Gasteiger partial charge in [-0.3, -0.25) is 4.79 Å². The van der Waals surface area contributed by atoms with Crippen molar-refractivity contribution in [3.63, 3.8) is 0 Å². The van der Waals surface area contributed by atoms with E-state index in [0.29, 0.717) is 17.7 Å². The second-order valence-corrected chi connectivity index (χ2v) is 3.70. The third kappa shape index (κ3) is 1.62. The van der Waals surface area contributed by atoms with E-state index in [1.807, 2.05) is 6.92 Å². The van der Waals surface area contributed by atoms with Crippen molar-refractivity contribution in [3.8, 4) is 0 Å². The summed E-state index contributed by atoms with van der Waals surface area (Å²) in [6, 6.07) is 4.49. The molecule has 1 N–H and O–H groups in total. The van der Waals surface area contributed by atoms with Crippen molar-refractivity contribution in [1.29, 1.82) is 0 Å². The summed E-state index contributed by atoms with van der Waals surface area (Å²) >= 11 is 0. The molecule has 14 heavy (non-hydrogen) atoms. The number of halogens is 1. The molecule has 1 aromatic carbocycles. The largest absolute Gasteiger partial charge is 0.382 e. The molecule has 0 saturated heterocycles. The highest BCUT2D eigenvalue weighted by Gasteiger charge is 2.18. The topological polar surface area (TPSA) is 29.1 Å². The first-order valence-corrected chi connectivity index (χ1v) is 4.76. The summed E-state index contributed by atoms with van der Waals surface area (Å²) in [6.45, 7) is 1.99. The minimum atomic E-state index is -0.307. The van der Waals surface area contributed by atoms with Crippen LogP contribution in [0.15, 0.2) is 18.2 Å². The number of nitrogens with one attached hydrogen (secondary N) is 1. The maximum atomic E-state index is 12.9. The molecule has 2 nitrogen and oxygen atoms in total. The number of carbonyl (C=O) groups excluding carboxylic acids is 1. The summed E-state index contributed by atoms with van der Waals surface area (Å²) in [7, 11) is 0. The summed E-state index contributed by atoms with van der Waals surface area (Å²) in [5, 5.41) is 3.13. The normalized spacial score (nSPS) is 21.0. The Labute approximate surface area is 82.1 Å². The molecule has 2 rings (SSSR count). The van der Waals surface area contributed by atoms with Crippen LogP contribution in [-0.4, -0.2) is 11.8 Å². The van der Waals surface area contributed by atoms with Gasteiger partial charge in [-0.05, 0) is 31.5 Å². The van der Waals surface area contributed by atoms with Crippen LogP contribution in [0.2, 0.25) is 0 Å². The lowest BCUT2D eigenvalue weighted by Gasteiger charge is -2.11. The first-order valence-electron chi connectivity index (χ1n) is 4.76. The van der Waals surface area contributed by atoms with Gasteiger partial charge in [-0.2, -0.15) is 0 Å². The van der Waals surface area contributed by atoms with Gasteiger partial charge in [0, 0.05) is 23.7 Å². The first-order chi connectivity index (χ1) is 6.66. The van der Waals surface area contributed by atoms with E-state index in [-0.39, 0.29) is 17.6 Å². The van der Waals surface area contributed by atoms with E-state index in [2.05, 4.69) is 5.32 Å². The smallest absolute Gasteiger partial charge is 0.165 e. The van der Waals surface area contributed by atoms with Gasteiger partial charge in [0.05, 0.1) is 0 Å². The van der Waals surface area contributed by atoms with E-state index in [1.165, 1.54) is 12.1 Å². The molecule has 1 aliphatic heterocycles. The Kier molecular flexibility index (Phi) is 2.23. The summed E-state index contributed by atoms with van der Waals surface area (Å²) < 4.78 is 12.9. The molecule has 0 aromatic heterocycles. The molecule has 74 valence electrons. The van der Waals surface area contributed by atoms with Crippen LogP contribution in [-0.2, 0) is 0 Å². The molecule has 3 heteroatoms. The highest BCUT2D eigenvalue weighted by molar-refractivity contribution is 6.01. The van der Waals surface area contributed by atoms with Gasteiger partial charge in [0.2, 0.25) is 0 Å². The van der Waals surface area contributed by atoms with Gasteiger partial charge in [-0.1, -0.05) is 0 Å². The van der Waals surface area contributed by atoms with E-state index in [4.69, 9.17) is 0 Å². The van der Waals surface area contributed by atoms with Crippen molar-refractivity contribution in [3.05, 3.63) is 29.6 Å². The molecule has 1 unspecified atom stereocenters. The van der Waals surface area contributed by atoms with Gasteiger partial charge >= 0.3 is 0 Å². The molecule has 0 bridgehead atoms. The van der Waals surface area contributed by atoms with Gasteiger partial charge in [0.15, 0.2) is 5.78 Å². The van der Waals surface area contributed by atoms with Crippen LogP contribution in [0.5, 0.6) is 0 Å². The van der Waals surface area contributed by atoms with Crippen LogP contribution in [0.1, 0.15) is 30.1 Å². The van der Waals surface area contributed by atoms with E-state index in [9.17, 15) is 9.18 Å². The second kappa shape index (κ2) is 3.40. The fraction of sp³-hybridized carbons (Fsp3) is 0.364. The van der Waals surface area contributed by atoms with Crippen molar-refractivity contribution in [2.24, 2.45) is 0 Å². The Morgan fingerprint density at radius 3 is 3.07 bits per heavy atom. The van der Waals surface area contributed by atoms with Crippen LogP contribution in [0.4, 0.5) is 10.1 Å². The maximum absolute atomic E-state index is 12.9. The van der Waals surface area contributed by atoms with E-state index >= 15 is 0 Å². The Morgan fingerprint density at radius 2 is 2.29 bits per heavy atom. The molecule has 0 fully saturated rings. The molecule has 1 heterocycles. The van der Waals surface area contributed by atoms with Crippen LogP contribution < -0.4 is 5.32 Å². The SMILES string of the molecule is CC1CCC(=O)c2ccc(F)cc2N1. The van der Waals surface area contributed by atoms with Crippen molar-refractivity contribution in [1.82, 2.24) is 0 Å². The minimum absolute atomic E-state index is 0.0943. The minimum Gasteiger partial charge on any atom is -0.382 e. The molecular weight excluding hydrogens is 181 g/mol. The average Bonchev–Trinajstić information content (AvgIpc) is 2.26. The number of hydrogen-bond acceptors (Lipinski definition) is 2. The lowest BCUT2D eigenvalue weighted by molar-refractivity contribution is 0.0982. The van der Waals surface area contributed by atoms with Gasteiger partial charge < -0.3 is 5.32 Å². The lowest BCUT2D eigenvalue weighted by Crippen LogP contribution is -2.13. The predicted octanol–water partition coefficient (Wildman–Crippen LogP) is 2.60. The van der Waals surface area contributed by atoms with Crippen LogP contribution in [0, 0.1) is 5.82 Å². The van der Waals surface area contributed by atoms with Crippen LogP contribution in [0.3, 0.4) is 0 Å². The van der Waals surface area contributed by atoms with Crippen molar-refractivity contribution >= 4 is 11.5 Å². The van der Waals surface area contributed by atoms with Gasteiger partial charge in [-0.15, -0.1) is 0 Å². The molecule has 1 aromatic rings. The number of hydrogen-bond donors (Lipinski definition) is 1. The molecule has 0 amide bonds. The number of Topliss-reactive ketones (excluding diaryl/α,β-unsaturated/α-hetero) is 1. The summed E-state index contributed by atoms with van der Waals surface area (Å²) in [5.41, 5.74) is 1.23. The summed E-state index contributed by atoms with van der Waals surface area (Å²) in [6.07, 6.45) is 1.34. The molecule has 0 radical (unpaired) electrons. The second-order valence-electron chi connectivity index (χ2n) is 3.70. The van der Waals surface area contributed by atoms with E-state index in [0.717, 1.165) is 6.42 Å². The zero-order valence-corrected chi connectivity index (χ0v) is 8.01. The highest BCUT2D eigenvalue weighted by Crippen LogP contribution is 2.24. The maximum Gasteiger partial charge on any atom is 0.165 e. The van der Waals surface area contributed by atoms with Crippen LogP contribution >= 0.6 is 0 Å². The number of rotatable bonds is 0. The predicted molar refractivity (Wildman–Crippen MR) is 53.0 cm³/mol. The zero-order chi connectivity index (χ0) is 10.1. The number of benzene rings is 1. The average molecular weight is 193 g/mol. The summed E-state index contributed by atoms with van der Waals surface area (Å²) in [5.74, 6) is -0.213. The fourth-order valence-corrected chi connectivity index (χ4v) is 1.70. The Bertz CT molecular complexity index is 376. The van der Waals surface area contributed by atoms with Gasteiger partial charge in [-0.25, -0.2) is 4.39 Å². The molecule has 1 aliphatic rings. The number of ketones is 1. The fourth-order valence-electron chi connectivity index (χ4n) is 1.70. The van der Waals surface area contributed by atoms with E-state index < -0.39 is 0 Å². The van der Waals surface area contributed by atoms with E-state index in [1.54, 1.807) is 6.07 Å². The number of anilines is 1. The molecular formula is C11H12FNO. The Hall–Kier alpha value is -1.38. The molecule has 0 spiro atoms. The quantitative estimate of drug-likeness (QED) is 0.686. The highest BCUT2D eigenvalue weighted by atomic mass is 19.1. The molecule has 0 saturated carbocycles. The first kappa shape index (κ1) is 9.19. The monoisotopic (exact) mass is 193 g/mol. The van der Waals surface area contributed by atoms with Crippen LogP contribution in [0.25, 0.3) is 0 Å². The van der Waals surface area contributed by atoms with Gasteiger partial charge in [0.25, 0.3) is 0 Å². The molecule has 0 aliphatic carbocycles. The third-order valence-corrected chi connectivity index (χ3v) is 2.49. The van der Waals surface area contributed by atoms with Crippen molar-refractivity contribution < 1.29 is 9.18 Å². The zero-order valence-electron chi connectivity index (χ0n) is 8.01.